The number of benzene rings is 2. The third kappa shape index (κ3) is 5.00. The van der Waals surface area contributed by atoms with Gasteiger partial charge in [-0.05, 0) is 52.4 Å². The Hall–Kier alpha value is -1.40. The molecule has 0 bridgehead atoms. The Morgan fingerprint density at radius 2 is 1.74 bits per heavy atom. The van der Waals surface area contributed by atoms with Crippen molar-refractivity contribution in [2.45, 2.75) is 6.61 Å². The number of amides is 1. The molecule has 2 rings (SSSR count). The number of carbonyl (C=O) groups excluding carboxylic acids is 1. The van der Waals surface area contributed by atoms with Crippen LogP contribution in [0, 0.1) is 3.57 Å². The lowest BCUT2D eigenvalue weighted by molar-refractivity contribution is -0.121. The molecule has 1 N–H and O–H groups in total. The zero-order valence-corrected chi connectivity index (χ0v) is 12.5. The van der Waals surface area contributed by atoms with E-state index in [-0.39, 0.29) is 12.5 Å². The molecule has 0 atom stereocenters. The predicted octanol–water partition coefficient (Wildman–Crippen LogP) is 3.45. The van der Waals surface area contributed by atoms with Crippen LogP contribution in [0.2, 0.25) is 0 Å². The average molecular weight is 367 g/mol. The van der Waals surface area contributed by atoms with E-state index in [1.54, 1.807) is 0 Å². The minimum atomic E-state index is -0.142. The molecule has 0 aliphatic heterocycles. The fourth-order valence-electron chi connectivity index (χ4n) is 1.57. The number of ether oxygens (including phenoxy) is 1. The van der Waals surface area contributed by atoms with Crippen molar-refractivity contribution in [2.75, 3.05) is 11.9 Å². The number of carbonyl (C=O) groups is 1. The van der Waals surface area contributed by atoms with Crippen LogP contribution in [-0.4, -0.2) is 12.5 Å². The van der Waals surface area contributed by atoms with Gasteiger partial charge in [0.2, 0.25) is 5.91 Å². The molecule has 0 saturated carbocycles. The van der Waals surface area contributed by atoms with Crippen molar-refractivity contribution in [3.8, 4) is 0 Å². The van der Waals surface area contributed by atoms with E-state index in [1.807, 2.05) is 54.6 Å². The van der Waals surface area contributed by atoms with Gasteiger partial charge in [-0.3, -0.25) is 4.79 Å². The largest absolute Gasteiger partial charge is 0.367 e. The Labute approximate surface area is 126 Å². The molecule has 4 heteroatoms. The summed E-state index contributed by atoms with van der Waals surface area (Å²) in [7, 11) is 0. The van der Waals surface area contributed by atoms with Gasteiger partial charge in [0.1, 0.15) is 6.61 Å². The predicted molar refractivity (Wildman–Crippen MR) is 83.9 cm³/mol. The molecular weight excluding hydrogens is 353 g/mol. The van der Waals surface area contributed by atoms with Crippen LogP contribution < -0.4 is 5.32 Å². The summed E-state index contributed by atoms with van der Waals surface area (Å²) in [5.41, 5.74) is 1.85. The zero-order valence-electron chi connectivity index (χ0n) is 10.3. The van der Waals surface area contributed by atoms with E-state index in [2.05, 4.69) is 27.9 Å². The van der Waals surface area contributed by atoms with Gasteiger partial charge in [0.15, 0.2) is 0 Å². The first-order valence-corrected chi connectivity index (χ1v) is 6.99. The molecule has 1 amide bonds. The van der Waals surface area contributed by atoms with Crippen molar-refractivity contribution in [3.05, 3.63) is 63.7 Å². The summed E-state index contributed by atoms with van der Waals surface area (Å²) in [5, 5.41) is 2.79. The molecule has 19 heavy (non-hydrogen) atoms. The minimum absolute atomic E-state index is 0.0564. The smallest absolute Gasteiger partial charge is 0.250 e. The first-order valence-electron chi connectivity index (χ1n) is 5.91. The van der Waals surface area contributed by atoms with Gasteiger partial charge in [0.05, 0.1) is 6.61 Å². The summed E-state index contributed by atoms with van der Waals surface area (Å²) in [6.45, 7) is 0.502. The van der Waals surface area contributed by atoms with Crippen molar-refractivity contribution in [3.63, 3.8) is 0 Å². The highest BCUT2D eigenvalue weighted by molar-refractivity contribution is 14.1. The highest BCUT2D eigenvalue weighted by Crippen LogP contribution is 2.11. The molecule has 0 aliphatic carbocycles. The number of anilines is 1. The first-order chi connectivity index (χ1) is 9.24. The molecule has 0 aromatic heterocycles. The number of hydrogen-bond acceptors (Lipinski definition) is 2. The number of rotatable bonds is 5. The molecule has 2 aromatic rings. The van der Waals surface area contributed by atoms with Gasteiger partial charge in [-0.1, -0.05) is 30.3 Å². The van der Waals surface area contributed by atoms with Crippen LogP contribution in [0.5, 0.6) is 0 Å². The van der Waals surface area contributed by atoms with Crippen LogP contribution in [0.3, 0.4) is 0 Å². The van der Waals surface area contributed by atoms with Crippen LogP contribution in [0.1, 0.15) is 5.56 Å². The highest BCUT2D eigenvalue weighted by Gasteiger charge is 2.02. The molecule has 0 heterocycles. The summed E-state index contributed by atoms with van der Waals surface area (Å²) in [6, 6.07) is 17.4. The second-order valence-electron chi connectivity index (χ2n) is 4.03. The molecular formula is C15H14INO2. The third-order valence-electron chi connectivity index (χ3n) is 2.47. The zero-order chi connectivity index (χ0) is 13.5. The molecule has 0 fully saturated rings. The lowest BCUT2D eigenvalue weighted by atomic mass is 10.2. The summed E-state index contributed by atoms with van der Waals surface area (Å²) >= 11 is 2.22. The van der Waals surface area contributed by atoms with Gasteiger partial charge >= 0.3 is 0 Å². The second kappa shape index (κ2) is 7.25. The highest BCUT2D eigenvalue weighted by atomic mass is 127. The summed E-state index contributed by atoms with van der Waals surface area (Å²) < 4.78 is 6.50. The molecule has 3 nitrogen and oxygen atoms in total. The molecule has 0 radical (unpaired) electrons. The molecule has 0 unspecified atom stereocenters. The van der Waals surface area contributed by atoms with Crippen molar-refractivity contribution in [1.82, 2.24) is 0 Å². The standard InChI is InChI=1S/C15H14INO2/c16-13-6-8-14(9-7-13)17-15(18)11-19-10-12-4-2-1-3-5-12/h1-9H,10-11H2,(H,17,18). The Bertz CT molecular complexity index is 526. The summed E-state index contributed by atoms with van der Waals surface area (Å²) in [6.07, 6.45) is 0. The van der Waals surface area contributed by atoms with Gasteiger partial charge in [-0.25, -0.2) is 0 Å². The Kier molecular flexibility index (Phi) is 5.35. The van der Waals surface area contributed by atoms with Crippen LogP contribution >= 0.6 is 22.6 Å². The number of hydrogen-bond donors (Lipinski definition) is 1. The van der Waals surface area contributed by atoms with Crippen LogP contribution in [-0.2, 0) is 16.1 Å². The maximum Gasteiger partial charge on any atom is 0.250 e. The average Bonchev–Trinajstić information content (AvgIpc) is 2.43. The van der Waals surface area contributed by atoms with Crippen molar-refractivity contribution in [1.29, 1.82) is 0 Å². The van der Waals surface area contributed by atoms with E-state index in [4.69, 9.17) is 4.74 Å². The van der Waals surface area contributed by atoms with E-state index in [9.17, 15) is 4.79 Å². The molecule has 2 aromatic carbocycles. The Morgan fingerprint density at radius 3 is 2.42 bits per heavy atom. The maximum atomic E-state index is 11.6. The molecule has 0 spiro atoms. The normalized spacial score (nSPS) is 10.2. The molecule has 0 saturated heterocycles. The summed E-state index contributed by atoms with van der Waals surface area (Å²) in [5.74, 6) is -0.142. The maximum absolute atomic E-state index is 11.6. The number of nitrogens with one attached hydrogen (secondary N) is 1. The van der Waals surface area contributed by atoms with Gasteiger partial charge in [0.25, 0.3) is 0 Å². The lowest BCUT2D eigenvalue weighted by Gasteiger charge is -2.06. The van der Waals surface area contributed by atoms with Crippen LogP contribution in [0.25, 0.3) is 0 Å². The van der Waals surface area contributed by atoms with Crippen LogP contribution in [0.15, 0.2) is 54.6 Å². The quantitative estimate of drug-likeness (QED) is 0.823. The monoisotopic (exact) mass is 367 g/mol. The topological polar surface area (TPSA) is 38.3 Å². The van der Waals surface area contributed by atoms with Gasteiger partial charge in [0, 0.05) is 9.26 Å². The lowest BCUT2D eigenvalue weighted by Crippen LogP contribution is -2.18. The molecule has 0 aliphatic rings. The Balaban J connectivity index is 1.74. The van der Waals surface area contributed by atoms with E-state index in [0.717, 1.165) is 14.8 Å². The second-order valence-corrected chi connectivity index (χ2v) is 5.28. The van der Waals surface area contributed by atoms with Crippen molar-refractivity contribution in [2.24, 2.45) is 0 Å². The van der Waals surface area contributed by atoms with Crippen molar-refractivity contribution >= 4 is 34.2 Å². The van der Waals surface area contributed by atoms with E-state index < -0.39 is 0 Å². The van der Waals surface area contributed by atoms with E-state index >= 15 is 0 Å². The van der Waals surface area contributed by atoms with Crippen molar-refractivity contribution < 1.29 is 9.53 Å². The van der Waals surface area contributed by atoms with Gasteiger partial charge < -0.3 is 10.1 Å². The van der Waals surface area contributed by atoms with Crippen LogP contribution in [0.4, 0.5) is 5.69 Å². The van der Waals surface area contributed by atoms with E-state index in [0.29, 0.717) is 6.61 Å². The third-order valence-corrected chi connectivity index (χ3v) is 3.19. The Morgan fingerprint density at radius 1 is 1.05 bits per heavy atom. The summed E-state index contributed by atoms with van der Waals surface area (Å²) in [4.78, 5) is 11.6. The fourth-order valence-corrected chi connectivity index (χ4v) is 1.93. The molecule has 98 valence electrons. The van der Waals surface area contributed by atoms with E-state index in [1.165, 1.54) is 0 Å². The number of halogens is 1. The minimum Gasteiger partial charge on any atom is -0.367 e. The van der Waals surface area contributed by atoms with Gasteiger partial charge in [-0.15, -0.1) is 0 Å². The first kappa shape index (κ1) is 14.0. The SMILES string of the molecule is O=C(COCc1ccccc1)Nc1ccc(I)cc1. The van der Waals surface area contributed by atoms with Gasteiger partial charge in [-0.2, -0.15) is 0 Å². The fraction of sp³-hybridized carbons (Fsp3) is 0.133.